The van der Waals surface area contributed by atoms with Crippen molar-refractivity contribution in [2.45, 2.75) is 38.5 Å². The van der Waals surface area contributed by atoms with Crippen molar-refractivity contribution in [3.63, 3.8) is 0 Å². The molecule has 4 aromatic rings. The molecule has 0 aliphatic rings. The summed E-state index contributed by atoms with van der Waals surface area (Å²) in [4.78, 5) is 0. The molecule has 0 radical (unpaired) electrons. The van der Waals surface area contributed by atoms with Crippen LogP contribution in [0.2, 0.25) is 0 Å². The molecular formula is C33H30F4O2. The van der Waals surface area contributed by atoms with Gasteiger partial charge in [0.25, 0.3) is 0 Å². The Balaban J connectivity index is 1.63. The van der Waals surface area contributed by atoms with Gasteiger partial charge in [-0.15, -0.1) is 0 Å². The standard InChI is InChI=1S/C33H30F4O2/c1-7-26-27(34)29(36)31(30(37)28(26)35)39-24-16-14-20(15-17-24)32(2,3)21-10-8-11-22(18-21)33(4,5)23-12-9-13-25(19-23)38-6/h7-19H,1H2,2-6H3. The van der Waals surface area contributed by atoms with Crippen LogP contribution in [0.5, 0.6) is 17.2 Å². The van der Waals surface area contributed by atoms with E-state index in [1.807, 2.05) is 30.3 Å². The minimum absolute atomic E-state index is 0.0328. The summed E-state index contributed by atoms with van der Waals surface area (Å²) >= 11 is 0. The highest BCUT2D eigenvalue weighted by atomic mass is 19.2. The third kappa shape index (κ3) is 5.16. The number of hydrogen-bond donors (Lipinski definition) is 0. The fourth-order valence-corrected chi connectivity index (χ4v) is 4.60. The fraction of sp³-hybridized carbons (Fsp3) is 0.212. The van der Waals surface area contributed by atoms with Gasteiger partial charge in [-0.2, -0.15) is 8.78 Å². The van der Waals surface area contributed by atoms with Crippen molar-refractivity contribution in [2.24, 2.45) is 0 Å². The predicted molar refractivity (Wildman–Crippen MR) is 147 cm³/mol. The van der Waals surface area contributed by atoms with Gasteiger partial charge in [-0.1, -0.05) is 88.9 Å². The van der Waals surface area contributed by atoms with Gasteiger partial charge in [-0.25, -0.2) is 8.78 Å². The molecule has 0 aliphatic heterocycles. The predicted octanol–water partition coefficient (Wildman–Crippen LogP) is 9.34. The average molecular weight is 535 g/mol. The Hall–Kier alpha value is -4.06. The van der Waals surface area contributed by atoms with E-state index in [-0.39, 0.29) is 11.2 Å². The molecule has 39 heavy (non-hydrogen) atoms. The molecule has 0 saturated heterocycles. The molecule has 6 heteroatoms. The number of hydrogen-bond acceptors (Lipinski definition) is 2. The lowest BCUT2D eigenvalue weighted by Crippen LogP contribution is -2.23. The van der Waals surface area contributed by atoms with Gasteiger partial charge in [0.05, 0.1) is 12.7 Å². The van der Waals surface area contributed by atoms with Crippen molar-refractivity contribution in [2.75, 3.05) is 7.11 Å². The summed E-state index contributed by atoms with van der Waals surface area (Å²) in [5, 5.41) is 0. The van der Waals surface area contributed by atoms with Crippen LogP contribution in [-0.2, 0) is 10.8 Å². The lowest BCUT2D eigenvalue weighted by molar-refractivity contribution is 0.365. The lowest BCUT2D eigenvalue weighted by Gasteiger charge is -2.31. The van der Waals surface area contributed by atoms with Gasteiger partial charge in [0, 0.05) is 10.8 Å². The Kier molecular flexibility index (Phi) is 7.60. The molecule has 202 valence electrons. The third-order valence-electron chi connectivity index (χ3n) is 7.35. The van der Waals surface area contributed by atoms with Crippen LogP contribution >= 0.6 is 0 Å². The second kappa shape index (κ2) is 10.6. The highest BCUT2D eigenvalue weighted by Gasteiger charge is 2.29. The number of ether oxygens (including phenoxy) is 2. The first-order chi connectivity index (χ1) is 18.4. The quantitative estimate of drug-likeness (QED) is 0.166. The van der Waals surface area contributed by atoms with Gasteiger partial charge in [-0.3, -0.25) is 0 Å². The van der Waals surface area contributed by atoms with Gasteiger partial charge in [-0.05, 0) is 46.5 Å². The second-order valence-corrected chi connectivity index (χ2v) is 10.4. The first-order valence-corrected chi connectivity index (χ1v) is 12.4. The van der Waals surface area contributed by atoms with Crippen LogP contribution in [0.25, 0.3) is 6.08 Å². The molecule has 0 saturated carbocycles. The van der Waals surface area contributed by atoms with Gasteiger partial charge >= 0.3 is 0 Å². The van der Waals surface area contributed by atoms with Crippen molar-refractivity contribution >= 4 is 6.08 Å². The highest BCUT2D eigenvalue weighted by molar-refractivity contribution is 5.53. The monoisotopic (exact) mass is 534 g/mol. The highest BCUT2D eigenvalue weighted by Crippen LogP contribution is 2.39. The Bertz CT molecular complexity index is 1490. The van der Waals surface area contributed by atoms with Crippen LogP contribution < -0.4 is 9.47 Å². The maximum absolute atomic E-state index is 14.4. The van der Waals surface area contributed by atoms with Crippen molar-refractivity contribution in [3.05, 3.63) is 130 Å². The number of benzene rings is 4. The summed E-state index contributed by atoms with van der Waals surface area (Å²) in [5.41, 5.74) is 2.59. The van der Waals surface area contributed by atoms with Crippen LogP contribution in [0.15, 0.2) is 79.4 Å². The molecule has 0 aliphatic carbocycles. The molecule has 0 bridgehead atoms. The topological polar surface area (TPSA) is 18.5 Å². The van der Waals surface area contributed by atoms with Crippen LogP contribution in [0.1, 0.15) is 55.5 Å². The zero-order valence-corrected chi connectivity index (χ0v) is 22.5. The molecule has 0 fully saturated rings. The van der Waals surface area contributed by atoms with Crippen LogP contribution in [0, 0.1) is 23.3 Å². The lowest BCUT2D eigenvalue weighted by atomic mass is 9.73. The van der Waals surface area contributed by atoms with Gasteiger partial charge in [0.1, 0.15) is 11.5 Å². The van der Waals surface area contributed by atoms with Gasteiger partial charge < -0.3 is 9.47 Å². The van der Waals surface area contributed by atoms with Gasteiger partial charge in [0.2, 0.25) is 17.4 Å². The Morgan fingerprint density at radius 3 is 1.62 bits per heavy atom. The number of halogens is 4. The van der Waals surface area contributed by atoms with Crippen molar-refractivity contribution in [1.29, 1.82) is 0 Å². The zero-order valence-electron chi connectivity index (χ0n) is 22.5. The van der Waals surface area contributed by atoms with E-state index in [0.717, 1.165) is 28.0 Å². The van der Waals surface area contributed by atoms with E-state index in [1.54, 1.807) is 19.2 Å². The van der Waals surface area contributed by atoms with Crippen molar-refractivity contribution in [3.8, 4) is 17.2 Å². The molecule has 0 unspecified atom stereocenters. The third-order valence-corrected chi connectivity index (χ3v) is 7.35. The van der Waals surface area contributed by atoms with Gasteiger partial charge in [0.15, 0.2) is 11.6 Å². The summed E-state index contributed by atoms with van der Waals surface area (Å²) < 4.78 is 67.7. The summed E-state index contributed by atoms with van der Waals surface area (Å²) in [6.45, 7) is 11.6. The first-order valence-electron chi connectivity index (χ1n) is 12.4. The van der Waals surface area contributed by atoms with E-state index < -0.39 is 40.0 Å². The molecule has 0 atom stereocenters. The molecule has 4 aromatic carbocycles. The van der Waals surface area contributed by atoms with Crippen LogP contribution in [-0.4, -0.2) is 7.11 Å². The molecule has 0 aromatic heterocycles. The summed E-state index contributed by atoms with van der Waals surface area (Å²) in [6.07, 6.45) is 0.713. The van der Waals surface area contributed by atoms with Crippen molar-refractivity contribution in [1.82, 2.24) is 0 Å². The maximum atomic E-state index is 14.4. The minimum Gasteiger partial charge on any atom is -0.497 e. The molecule has 0 amide bonds. The Morgan fingerprint density at radius 1 is 0.615 bits per heavy atom. The largest absolute Gasteiger partial charge is 0.497 e. The van der Waals surface area contributed by atoms with Crippen LogP contribution in [0.3, 0.4) is 0 Å². The van der Waals surface area contributed by atoms with E-state index in [2.05, 4.69) is 52.5 Å². The molecule has 0 N–H and O–H groups in total. The first kappa shape index (κ1) is 28.0. The molecule has 0 spiro atoms. The molecule has 2 nitrogen and oxygen atoms in total. The Labute approximate surface area is 226 Å². The average Bonchev–Trinajstić information content (AvgIpc) is 2.95. The molecule has 0 heterocycles. The summed E-state index contributed by atoms with van der Waals surface area (Å²) in [6, 6.07) is 22.9. The van der Waals surface area contributed by atoms with E-state index in [4.69, 9.17) is 9.47 Å². The normalized spacial score (nSPS) is 11.8. The molecule has 4 rings (SSSR count). The summed E-state index contributed by atoms with van der Waals surface area (Å²) in [5.74, 6) is -6.68. The van der Waals surface area contributed by atoms with E-state index >= 15 is 0 Å². The smallest absolute Gasteiger partial charge is 0.205 e. The minimum atomic E-state index is -1.62. The van der Waals surface area contributed by atoms with E-state index in [0.29, 0.717) is 6.08 Å². The van der Waals surface area contributed by atoms with E-state index in [1.165, 1.54) is 12.1 Å². The summed E-state index contributed by atoms with van der Waals surface area (Å²) in [7, 11) is 1.65. The second-order valence-electron chi connectivity index (χ2n) is 10.4. The molecular weight excluding hydrogens is 504 g/mol. The zero-order chi connectivity index (χ0) is 28.5. The van der Waals surface area contributed by atoms with E-state index in [9.17, 15) is 17.6 Å². The number of methoxy groups -OCH3 is 1. The van der Waals surface area contributed by atoms with Crippen molar-refractivity contribution < 1.29 is 27.0 Å². The fourth-order valence-electron chi connectivity index (χ4n) is 4.60. The number of rotatable bonds is 8. The van der Waals surface area contributed by atoms with Crippen LogP contribution in [0.4, 0.5) is 17.6 Å². The SMILES string of the molecule is C=Cc1c(F)c(F)c(Oc2ccc(C(C)(C)c3cccc(C(C)(C)c4cccc(OC)c4)c3)cc2)c(F)c1F. The maximum Gasteiger partial charge on any atom is 0.205 e. The Morgan fingerprint density at radius 2 is 1.10 bits per heavy atom.